The maximum atomic E-state index is 12.2. The van der Waals surface area contributed by atoms with Crippen LogP contribution in [0.15, 0.2) is 46.4 Å². The Morgan fingerprint density at radius 1 is 1.25 bits per heavy atom. The van der Waals surface area contributed by atoms with Gasteiger partial charge in [-0.2, -0.15) is 0 Å². The standard InChI is InChI=1S/C17H11N3O3S/c1-2-10-3-5-11(6-4-10)16(22)20-17-19-13(9-24-17)14-7-12(8-23-14)15(18)21/h1,3-9H,(H2,18,21)(H,19,20,22). The van der Waals surface area contributed by atoms with E-state index in [9.17, 15) is 9.59 Å². The zero-order chi connectivity index (χ0) is 17.1. The lowest BCUT2D eigenvalue weighted by atomic mass is 10.1. The number of terminal acetylenes is 1. The number of nitrogens with zero attached hydrogens (tertiary/aromatic N) is 1. The molecule has 0 aliphatic carbocycles. The number of furan rings is 1. The van der Waals surface area contributed by atoms with Gasteiger partial charge in [0.05, 0.1) is 5.56 Å². The van der Waals surface area contributed by atoms with Gasteiger partial charge in [-0.15, -0.1) is 17.8 Å². The van der Waals surface area contributed by atoms with Crippen LogP contribution >= 0.6 is 11.3 Å². The summed E-state index contributed by atoms with van der Waals surface area (Å²) in [5, 5.41) is 4.82. The number of nitrogens with one attached hydrogen (secondary N) is 1. The molecule has 0 radical (unpaired) electrons. The van der Waals surface area contributed by atoms with Crippen LogP contribution in [0.3, 0.4) is 0 Å². The van der Waals surface area contributed by atoms with Crippen molar-refractivity contribution in [2.75, 3.05) is 5.32 Å². The molecule has 3 N–H and O–H groups in total. The zero-order valence-corrected chi connectivity index (χ0v) is 13.1. The van der Waals surface area contributed by atoms with E-state index in [1.807, 2.05) is 0 Å². The molecular weight excluding hydrogens is 326 g/mol. The Morgan fingerprint density at radius 2 is 2.00 bits per heavy atom. The van der Waals surface area contributed by atoms with Gasteiger partial charge in [0.1, 0.15) is 12.0 Å². The van der Waals surface area contributed by atoms with Crippen LogP contribution in [0.25, 0.3) is 11.5 Å². The number of carbonyl (C=O) groups excluding carboxylic acids is 2. The Balaban J connectivity index is 1.74. The fourth-order valence-electron chi connectivity index (χ4n) is 1.93. The lowest BCUT2D eigenvalue weighted by Crippen LogP contribution is -2.11. The third-order valence-corrected chi connectivity index (χ3v) is 3.93. The summed E-state index contributed by atoms with van der Waals surface area (Å²) in [5.74, 6) is 2.02. The number of hydrogen-bond acceptors (Lipinski definition) is 5. The number of nitrogens with two attached hydrogens (primary N) is 1. The lowest BCUT2D eigenvalue weighted by Gasteiger charge is -2.01. The van der Waals surface area contributed by atoms with Gasteiger partial charge in [-0.1, -0.05) is 5.92 Å². The maximum Gasteiger partial charge on any atom is 0.257 e. The van der Waals surface area contributed by atoms with Crippen LogP contribution in [0.4, 0.5) is 5.13 Å². The first-order valence-corrected chi connectivity index (χ1v) is 7.67. The van der Waals surface area contributed by atoms with Crippen molar-refractivity contribution < 1.29 is 14.0 Å². The number of hydrogen-bond donors (Lipinski definition) is 2. The molecule has 0 bridgehead atoms. The van der Waals surface area contributed by atoms with Crippen molar-refractivity contribution in [3.05, 3.63) is 58.7 Å². The second-order valence-electron chi connectivity index (χ2n) is 4.78. The van der Waals surface area contributed by atoms with Crippen LogP contribution < -0.4 is 11.1 Å². The molecule has 2 aromatic heterocycles. The van der Waals surface area contributed by atoms with Crippen LogP contribution in [-0.4, -0.2) is 16.8 Å². The van der Waals surface area contributed by atoms with E-state index < -0.39 is 5.91 Å². The third-order valence-electron chi connectivity index (χ3n) is 3.17. The number of anilines is 1. The summed E-state index contributed by atoms with van der Waals surface area (Å²) in [5.41, 5.74) is 7.11. The third kappa shape index (κ3) is 3.19. The Labute approximate surface area is 141 Å². The van der Waals surface area contributed by atoms with Gasteiger partial charge < -0.3 is 10.2 Å². The van der Waals surface area contributed by atoms with Gasteiger partial charge in [0.25, 0.3) is 11.8 Å². The highest BCUT2D eigenvalue weighted by Crippen LogP contribution is 2.26. The van der Waals surface area contributed by atoms with Crippen molar-refractivity contribution in [3.8, 4) is 23.8 Å². The summed E-state index contributed by atoms with van der Waals surface area (Å²) < 4.78 is 5.25. The molecule has 2 heterocycles. The Morgan fingerprint density at radius 3 is 2.62 bits per heavy atom. The van der Waals surface area contributed by atoms with E-state index in [-0.39, 0.29) is 11.5 Å². The smallest absolute Gasteiger partial charge is 0.257 e. The van der Waals surface area contributed by atoms with Gasteiger partial charge in [-0.25, -0.2) is 4.98 Å². The van der Waals surface area contributed by atoms with Crippen LogP contribution in [0.2, 0.25) is 0 Å². The van der Waals surface area contributed by atoms with Crippen molar-refractivity contribution >= 4 is 28.3 Å². The maximum absolute atomic E-state index is 12.2. The number of amides is 2. The summed E-state index contributed by atoms with van der Waals surface area (Å²) in [4.78, 5) is 27.5. The van der Waals surface area contributed by atoms with Crippen LogP contribution in [-0.2, 0) is 0 Å². The van der Waals surface area contributed by atoms with Gasteiger partial charge in [0.2, 0.25) is 0 Å². The number of primary amides is 1. The molecule has 7 heteroatoms. The van der Waals surface area contributed by atoms with E-state index in [2.05, 4.69) is 16.2 Å². The quantitative estimate of drug-likeness (QED) is 0.715. The monoisotopic (exact) mass is 337 g/mol. The molecule has 0 aliphatic heterocycles. The summed E-state index contributed by atoms with van der Waals surface area (Å²) >= 11 is 1.24. The SMILES string of the molecule is C#Cc1ccc(C(=O)Nc2nc(-c3cc(C(N)=O)co3)cs2)cc1. The van der Waals surface area contributed by atoms with Gasteiger partial charge in [-0.3, -0.25) is 14.9 Å². The predicted molar refractivity (Wildman–Crippen MR) is 90.7 cm³/mol. The molecule has 0 unspecified atom stereocenters. The van der Waals surface area contributed by atoms with Crippen molar-refractivity contribution in [1.29, 1.82) is 0 Å². The molecular formula is C17H11N3O3S. The van der Waals surface area contributed by atoms with E-state index in [1.54, 1.807) is 29.6 Å². The molecule has 0 atom stereocenters. The van der Waals surface area contributed by atoms with Crippen LogP contribution in [0, 0.1) is 12.3 Å². The minimum Gasteiger partial charge on any atom is -0.462 e. The number of carbonyl (C=O) groups is 2. The highest BCUT2D eigenvalue weighted by Gasteiger charge is 2.13. The molecule has 118 valence electrons. The molecule has 0 saturated carbocycles. The van der Waals surface area contributed by atoms with Gasteiger partial charge in [0.15, 0.2) is 10.9 Å². The molecule has 0 saturated heterocycles. The molecule has 0 fully saturated rings. The second kappa shape index (κ2) is 6.40. The average molecular weight is 337 g/mol. The summed E-state index contributed by atoms with van der Waals surface area (Å²) in [6, 6.07) is 8.17. The molecule has 2 amide bonds. The molecule has 3 aromatic rings. The highest BCUT2D eigenvalue weighted by molar-refractivity contribution is 7.14. The number of thiazole rings is 1. The molecule has 0 aliphatic rings. The predicted octanol–water partition coefficient (Wildman–Crippen LogP) is 2.74. The van der Waals surface area contributed by atoms with Crippen molar-refractivity contribution in [3.63, 3.8) is 0 Å². The number of rotatable bonds is 4. The minimum absolute atomic E-state index is 0.261. The van der Waals surface area contributed by atoms with E-state index >= 15 is 0 Å². The van der Waals surface area contributed by atoms with Crippen LogP contribution in [0.5, 0.6) is 0 Å². The molecule has 6 nitrogen and oxygen atoms in total. The topological polar surface area (TPSA) is 98.2 Å². The second-order valence-corrected chi connectivity index (χ2v) is 5.64. The Bertz CT molecular complexity index is 948. The van der Waals surface area contributed by atoms with Crippen LogP contribution in [0.1, 0.15) is 26.3 Å². The van der Waals surface area contributed by atoms with E-state index in [1.165, 1.54) is 23.7 Å². The Kier molecular flexibility index (Phi) is 4.14. The number of aromatic nitrogens is 1. The summed E-state index contributed by atoms with van der Waals surface area (Å²) in [7, 11) is 0. The Hall–Kier alpha value is -3.37. The normalized spacial score (nSPS) is 10.1. The van der Waals surface area contributed by atoms with E-state index in [4.69, 9.17) is 16.6 Å². The minimum atomic E-state index is -0.579. The van der Waals surface area contributed by atoms with E-state index in [0.29, 0.717) is 27.7 Å². The van der Waals surface area contributed by atoms with Crippen molar-refractivity contribution in [1.82, 2.24) is 4.98 Å². The number of benzene rings is 1. The zero-order valence-electron chi connectivity index (χ0n) is 12.3. The van der Waals surface area contributed by atoms with Gasteiger partial charge in [-0.05, 0) is 30.3 Å². The van der Waals surface area contributed by atoms with Gasteiger partial charge in [0, 0.05) is 16.5 Å². The first-order chi connectivity index (χ1) is 11.6. The largest absolute Gasteiger partial charge is 0.462 e. The fraction of sp³-hybridized carbons (Fsp3) is 0. The lowest BCUT2D eigenvalue weighted by molar-refractivity contribution is 0.0997. The summed E-state index contributed by atoms with van der Waals surface area (Å²) in [6.45, 7) is 0. The first kappa shape index (κ1) is 15.5. The summed E-state index contributed by atoms with van der Waals surface area (Å²) in [6.07, 6.45) is 6.55. The molecule has 24 heavy (non-hydrogen) atoms. The van der Waals surface area contributed by atoms with Gasteiger partial charge >= 0.3 is 0 Å². The average Bonchev–Trinajstić information content (AvgIpc) is 3.24. The highest BCUT2D eigenvalue weighted by atomic mass is 32.1. The first-order valence-electron chi connectivity index (χ1n) is 6.79. The molecule has 0 spiro atoms. The van der Waals surface area contributed by atoms with Crippen molar-refractivity contribution in [2.45, 2.75) is 0 Å². The van der Waals surface area contributed by atoms with Crippen molar-refractivity contribution in [2.24, 2.45) is 5.73 Å². The molecule has 1 aromatic carbocycles. The molecule has 3 rings (SSSR count). The van der Waals surface area contributed by atoms with E-state index in [0.717, 1.165) is 0 Å². The fourth-order valence-corrected chi connectivity index (χ4v) is 2.63.